The van der Waals surface area contributed by atoms with E-state index in [0.717, 1.165) is 0 Å². The molecule has 0 unspecified atom stereocenters. The van der Waals surface area contributed by atoms with E-state index in [2.05, 4.69) is 13.8 Å². The van der Waals surface area contributed by atoms with Gasteiger partial charge in [-0.25, -0.2) is 0 Å². The first-order valence-corrected chi connectivity index (χ1v) is 8.91. The zero-order valence-electron chi connectivity index (χ0n) is 13.3. The fourth-order valence-corrected chi connectivity index (χ4v) is 2.62. The Labute approximate surface area is 117 Å². The lowest BCUT2D eigenvalue weighted by Crippen LogP contribution is -1.83. The number of rotatable bonds is 15. The van der Waals surface area contributed by atoms with Crippen LogP contribution in [0, 0.1) is 0 Å². The SMILES string of the molecule is CCCCCCCCCCCCCCCCC[14CH3]. The van der Waals surface area contributed by atoms with Gasteiger partial charge in [-0.3, -0.25) is 0 Å². The molecule has 0 fully saturated rings. The normalized spacial score (nSPS) is 11.0. The lowest BCUT2D eigenvalue weighted by atomic mass is 10.0. The third kappa shape index (κ3) is 16.0. The summed E-state index contributed by atoms with van der Waals surface area (Å²) in [6, 6.07) is 0. The van der Waals surface area contributed by atoms with E-state index in [0.29, 0.717) is 0 Å². The maximum absolute atomic E-state index is 2.29. The van der Waals surface area contributed by atoms with Gasteiger partial charge in [0.2, 0.25) is 0 Å². The van der Waals surface area contributed by atoms with Gasteiger partial charge in [0.05, 0.1) is 0 Å². The van der Waals surface area contributed by atoms with Crippen LogP contribution in [0.15, 0.2) is 0 Å². The fraction of sp³-hybridized carbons (Fsp3) is 1.00. The highest BCUT2D eigenvalue weighted by atomic mass is 14.5. The molecule has 0 amide bonds. The molecule has 0 spiro atoms. The van der Waals surface area contributed by atoms with Crippen LogP contribution in [0.1, 0.15) is 117 Å². The number of hydrogen-bond acceptors (Lipinski definition) is 0. The highest BCUT2D eigenvalue weighted by molar-refractivity contribution is 4.49. The molecule has 110 valence electrons. The molecule has 0 heteroatoms. The summed E-state index contributed by atoms with van der Waals surface area (Å²) in [5.74, 6) is 0. The quantitative estimate of drug-likeness (QED) is 0.270. The molecular formula is C18H38. The zero-order valence-corrected chi connectivity index (χ0v) is 13.3. The van der Waals surface area contributed by atoms with Crippen molar-refractivity contribution < 1.29 is 0 Å². The monoisotopic (exact) mass is 256 g/mol. The van der Waals surface area contributed by atoms with E-state index in [1.54, 1.807) is 0 Å². The predicted octanol–water partition coefficient (Wildman–Crippen LogP) is 7.27. The van der Waals surface area contributed by atoms with Crippen LogP contribution in [0.3, 0.4) is 0 Å². The molecular weight excluding hydrogens is 218 g/mol. The van der Waals surface area contributed by atoms with Crippen LogP contribution in [-0.2, 0) is 0 Å². The molecule has 0 aliphatic rings. The van der Waals surface area contributed by atoms with Gasteiger partial charge in [-0.1, -0.05) is 117 Å². The largest absolute Gasteiger partial charge is 0.0654 e. The first kappa shape index (κ1) is 18.0. The summed E-state index contributed by atoms with van der Waals surface area (Å²) in [6.45, 7) is 4.59. The molecule has 0 nitrogen and oxygen atoms in total. The number of hydrogen-bond donors (Lipinski definition) is 0. The van der Waals surface area contributed by atoms with E-state index in [9.17, 15) is 0 Å². The molecule has 0 aromatic rings. The first-order chi connectivity index (χ1) is 8.91. The van der Waals surface area contributed by atoms with Crippen LogP contribution in [0.4, 0.5) is 0 Å². The van der Waals surface area contributed by atoms with E-state index in [1.165, 1.54) is 103 Å². The Morgan fingerprint density at radius 2 is 0.722 bits per heavy atom. The van der Waals surface area contributed by atoms with E-state index >= 15 is 0 Å². The van der Waals surface area contributed by atoms with Gasteiger partial charge in [0, 0.05) is 0 Å². The molecule has 0 bridgehead atoms. The van der Waals surface area contributed by atoms with Crippen molar-refractivity contribution in [3.05, 3.63) is 0 Å². The second-order valence-corrected chi connectivity index (χ2v) is 5.95. The van der Waals surface area contributed by atoms with Crippen LogP contribution in [0.25, 0.3) is 0 Å². The standard InChI is InChI=1S/C18H38/c1-3-5-7-9-11-13-15-17-18-16-14-12-10-8-6-4-2/h3-18H2,1-2H3/i1+2. The van der Waals surface area contributed by atoms with Gasteiger partial charge >= 0.3 is 0 Å². The Morgan fingerprint density at radius 3 is 1.00 bits per heavy atom. The Bertz CT molecular complexity index is 112. The minimum absolute atomic E-state index is 1.37. The van der Waals surface area contributed by atoms with Gasteiger partial charge in [0.15, 0.2) is 0 Å². The molecule has 0 aliphatic heterocycles. The van der Waals surface area contributed by atoms with Crippen LogP contribution < -0.4 is 0 Å². The molecule has 0 N–H and O–H groups in total. The fourth-order valence-electron chi connectivity index (χ4n) is 2.62. The van der Waals surface area contributed by atoms with Crippen molar-refractivity contribution in [2.45, 2.75) is 117 Å². The Hall–Kier alpha value is 0. The summed E-state index contributed by atoms with van der Waals surface area (Å²) >= 11 is 0. The summed E-state index contributed by atoms with van der Waals surface area (Å²) in [5.41, 5.74) is 0. The molecule has 0 radical (unpaired) electrons. The molecule has 0 aliphatic carbocycles. The number of unbranched alkanes of at least 4 members (excludes halogenated alkanes) is 15. The van der Waals surface area contributed by atoms with Gasteiger partial charge in [0.1, 0.15) is 0 Å². The highest BCUT2D eigenvalue weighted by Gasteiger charge is 1.93. The third-order valence-electron chi connectivity index (χ3n) is 3.96. The van der Waals surface area contributed by atoms with Crippen molar-refractivity contribution in [3.8, 4) is 0 Å². The molecule has 0 saturated heterocycles. The molecule has 0 saturated carbocycles. The average molecular weight is 256 g/mol. The Balaban J connectivity index is 2.86. The van der Waals surface area contributed by atoms with E-state index in [1.807, 2.05) is 0 Å². The van der Waals surface area contributed by atoms with Crippen molar-refractivity contribution in [3.63, 3.8) is 0 Å². The maximum atomic E-state index is 2.29. The molecule has 0 aromatic carbocycles. The highest BCUT2D eigenvalue weighted by Crippen LogP contribution is 2.13. The Morgan fingerprint density at radius 1 is 0.444 bits per heavy atom. The maximum Gasteiger partial charge on any atom is -0.0533 e. The van der Waals surface area contributed by atoms with Crippen molar-refractivity contribution in [1.82, 2.24) is 0 Å². The molecule has 0 atom stereocenters. The van der Waals surface area contributed by atoms with E-state index < -0.39 is 0 Å². The summed E-state index contributed by atoms with van der Waals surface area (Å²) < 4.78 is 0. The van der Waals surface area contributed by atoms with Gasteiger partial charge in [-0.15, -0.1) is 0 Å². The summed E-state index contributed by atoms with van der Waals surface area (Å²) in [5, 5.41) is 0. The van der Waals surface area contributed by atoms with Crippen LogP contribution in [-0.4, -0.2) is 0 Å². The third-order valence-corrected chi connectivity index (χ3v) is 3.96. The lowest BCUT2D eigenvalue weighted by molar-refractivity contribution is 0.531. The van der Waals surface area contributed by atoms with Crippen LogP contribution >= 0.6 is 0 Å². The Kier molecular flexibility index (Phi) is 17.0. The lowest BCUT2D eigenvalue weighted by Gasteiger charge is -2.03. The molecule has 18 heavy (non-hydrogen) atoms. The zero-order chi connectivity index (χ0) is 13.3. The second-order valence-electron chi connectivity index (χ2n) is 5.95. The average Bonchev–Trinajstić information content (AvgIpc) is 2.39. The van der Waals surface area contributed by atoms with Crippen LogP contribution in [0.2, 0.25) is 0 Å². The summed E-state index contributed by atoms with van der Waals surface area (Å²) in [4.78, 5) is 0. The van der Waals surface area contributed by atoms with Gasteiger partial charge in [0.25, 0.3) is 0 Å². The molecule has 0 aromatic heterocycles. The van der Waals surface area contributed by atoms with Gasteiger partial charge in [-0.2, -0.15) is 0 Å². The van der Waals surface area contributed by atoms with Crippen molar-refractivity contribution in [2.24, 2.45) is 0 Å². The second kappa shape index (κ2) is 17.0. The predicted molar refractivity (Wildman–Crippen MR) is 85.2 cm³/mol. The van der Waals surface area contributed by atoms with Gasteiger partial charge < -0.3 is 0 Å². The van der Waals surface area contributed by atoms with Crippen molar-refractivity contribution in [1.29, 1.82) is 0 Å². The summed E-state index contributed by atoms with van der Waals surface area (Å²) in [7, 11) is 0. The van der Waals surface area contributed by atoms with Crippen molar-refractivity contribution >= 4 is 0 Å². The first-order valence-electron chi connectivity index (χ1n) is 8.91. The molecule has 0 heterocycles. The van der Waals surface area contributed by atoms with E-state index in [-0.39, 0.29) is 0 Å². The van der Waals surface area contributed by atoms with E-state index in [4.69, 9.17) is 0 Å². The van der Waals surface area contributed by atoms with Crippen molar-refractivity contribution in [2.75, 3.05) is 0 Å². The van der Waals surface area contributed by atoms with Gasteiger partial charge in [-0.05, 0) is 0 Å². The minimum Gasteiger partial charge on any atom is -0.0654 e. The smallest absolute Gasteiger partial charge is 0.0533 e. The molecule has 0 rings (SSSR count). The minimum atomic E-state index is 1.37. The summed E-state index contributed by atoms with van der Waals surface area (Å²) in [6.07, 6.45) is 23.4. The topological polar surface area (TPSA) is 0 Å². The van der Waals surface area contributed by atoms with Crippen LogP contribution in [0.5, 0.6) is 0 Å².